The van der Waals surface area contributed by atoms with Crippen LogP contribution in [0, 0.1) is 5.82 Å². The molecule has 21 heavy (non-hydrogen) atoms. The molecule has 1 aromatic carbocycles. The molecule has 1 rings (SSSR count). The number of benzene rings is 1. The van der Waals surface area contributed by atoms with Crippen molar-refractivity contribution in [2.45, 2.75) is 24.8 Å². The van der Waals surface area contributed by atoms with E-state index in [1.54, 1.807) is 0 Å². The average molecular weight is 311 g/mol. The van der Waals surface area contributed by atoms with Crippen LogP contribution >= 0.6 is 0 Å². The van der Waals surface area contributed by atoms with Crippen LogP contribution in [0.3, 0.4) is 0 Å². The van der Waals surface area contributed by atoms with Gasteiger partial charge in [-0.05, 0) is 17.7 Å². The lowest BCUT2D eigenvalue weighted by Crippen LogP contribution is -2.25. The Labute approximate surface area is 116 Å². The Bertz CT molecular complexity index is 533. The van der Waals surface area contributed by atoms with Crippen LogP contribution in [-0.4, -0.2) is 29.4 Å². The molecular formula is C12H13F4NO4. The molecule has 118 valence electrons. The Balaban J connectivity index is 3.22. The van der Waals surface area contributed by atoms with Crippen molar-refractivity contribution in [2.75, 3.05) is 12.8 Å². The number of carbonyl (C=O) groups excluding carboxylic acids is 1. The van der Waals surface area contributed by atoms with E-state index >= 15 is 0 Å². The van der Waals surface area contributed by atoms with Crippen molar-refractivity contribution in [1.82, 2.24) is 0 Å². The number of rotatable bonds is 4. The zero-order chi connectivity index (χ0) is 16.4. The van der Waals surface area contributed by atoms with Crippen LogP contribution in [0.4, 0.5) is 23.2 Å². The quantitative estimate of drug-likeness (QED) is 0.444. The van der Waals surface area contributed by atoms with Gasteiger partial charge in [0.2, 0.25) is 0 Å². The molecular weight excluding hydrogens is 298 g/mol. The summed E-state index contributed by atoms with van der Waals surface area (Å²) in [6.07, 6.45) is -9.68. The average Bonchev–Trinajstić information content (AvgIpc) is 2.39. The molecule has 0 amide bonds. The molecule has 0 fully saturated rings. The summed E-state index contributed by atoms with van der Waals surface area (Å²) in [6.45, 7) is 0. The number of anilines is 1. The minimum absolute atomic E-state index is 0.318. The van der Waals surface area contributed by atoms with Gasteiger partial charge in [0.05, 0.1) is 30.9 Å². The second-order valence-electron chi connectivity index (χ2n) is 4.25. The van der Waals surface area contributed by atoms with Crippen LogP contribution in [0.2, 0.25) is 0 Å². The van der Waals surface area contributed by atoms with Gasteiger partial charge in [0.1, 0.15) is 11.9 Å². The lowest BCUT2D eigenvalue weighted by atomic mass is 9.96. The summed E-state index contributed by atoms with van der Waals surface area (Å²) < 4.78 is 56.1. The molecule has 0 bridgehead atoms. The predicted octanol–water partition coefficient (Wildman–Crippen LogP) is 1.38. The lowest BCUT2D eigenvalue weighted by Gasteiger charge is -2.22. The summed E-state index contributed by atoms with van der Waals surface area (Å²) in [4.78, 5) is 11.0. The number of aliphatic hydroxyl groups is 2. The van der Waals surface area contributed by atoms with Gasteiger partial charge in [-0.3, -0.25) is 4.79 Å². The highest BCUT2D eigenvalue weighted by Gasteiger charge is 2.37. The minimum atomic E-state index is -4.91. The van der Waals surface area contributed by atoms with Gasteiger partial charge < -0.3 is 20.7 Å². The Morgan fingerprint density at radius 3 is 2.43 bits per heavy atom. The Kier molecular flexibility index (Phi) is 5.13. The number of aliphatic hydroxyl groups excluding tert-OH is 2. The number of nitrogens with two attached hydrogens (primary N) is 1. The molecule has 0 saturated carbocycles. The maximum atomic E-state index is 13.3. The molecule has 0 saturated heterocycles. The van der Waals surface area contributed by atoms with Crippen molar-refractivity contribution in [3.05, 3.63) is 29.1 Å². The van der Waals surface area contributed by atoms with E-state index in [-0.39, 0.29) is 0 Å². The number of esters is 1. The highest BCUT2D eigenvalue weighted by molar-refractivity contribution is 5.69. The zero-order valence-electron chi connectivity index (χ0n) is 10.8. The van der Waals surface area contributed by atoms with Gasteiger partial charge >= 0.3 is 12.1 Å². The van der Waals surface area contributed by atoms with Gasteiger partial charge in [0, 0.05) is 0 Å². The lowest BCUT2D eigenvalue weighted by molar-refractivity contribution is -0.145. The third-order valence-corrected chi connectivity index (χ3v) is 2.76. The van der Waals surface area contributed by atoms with E-state index in [0.29, 0.717) is 12.1 Å². The third kappa shape index (κ3) is 4.05. The molecule has 0 aliphatic rings. The number of carbonyl (C=O) groups is 1. The predicted molar refractivity (Wildman–Crippen MR) is 63.4 cm³/mol. The van der Waals surface area contributed by atoms with Crippen LogP contribution in [-0.2, 0) is 15.7 Å². The van der Waals surface area contributed by atoms with E-state index in [2.05, 4.69) is 4.74 Å². The van der Waals surface area contributed by atoms with Crippen molar-refractivity contribution in [3.63, 3.8) is 0 Å². The number of nitrogen functional groups attached to an aromatic ring is 1. The molecule has 0 heterocycles. The van der Waals surface area contributed by atoms with Gasteiger partial charge in [-0.25, -0.2) is 4.39 Å². The number of ether oxygens (including phenoxy) is 1. The van der Waals surface area contributed by atoms with Crippen molar-refractivity contribution in [3.8, 4) is 0 Å². The molecule has 4 N–H and O–H groups in total. The number of halogens is 4. The van der Waals surface area contributed by atoms with Crippen LogP contribution in [0.5, 0.6) is 0 Å². The van der Waals surface area contributed by atoms with E-state index in [0.717, 1.165) is 7.11 Å². The maximum Gasteiger partial charge on any atom is 0.416 e. The van der Waals surface area contributed by atoms with Gasteiger partial charge in [-0.2, -0.15) is 13.2 Å². The van der Waals surface area contributed by atoms with Crippen LogP contribution < -0.4 is 5.73 Å². The first-order valence-electron chi connectivity index (χ1n) is 5.67. The Morgan fingerprint density at radius 2 is 1.95 bits per heavy atom. The molecule has 0 radical (unpaired) electrons. The number of methoxy groups -OCH3 is 1. The Hall–Kier alpha value is -1.87. The van der Waals surface area contributed by atoms with Crippen LogP contribution in [0.25, 0.3) is 0 Å². The fraction of sp³-hybridized carbons (Fsp3) is 0.417. The van der Waals surface area contributed by atoms with Gasteiger partial charge in [-0.1, -0.05) is 0 Å². The van der Waals surface area contributed by atoms with Gasteiger partial charge in [-0.15, -0.1) is 0 Å². The number of alkyl halides is 3. The SMILES string of the molecule is COC(=O)CC(O)C(O)c1cc(F)c(N)cc1C(F)(F)F. The van der Waals surface area contributed by atoms with E-state index < -0.39 is 53.4 Å². The normalized spacial score (nSPS) is 14.6. The maximum absolute atomic E-state index is 13.3. The first-order valence-corrected chi connectivity index (χ1v) is 5.67. The van der Waals surface area contributed by atoms with Crippen molar-refractivity contribution in [2.24, 2.45) is 0 Å². The van der Waals surface area contributed by atoms with Gasteiger partial charge in [0.25, 0.3) is 0 Å². The van der Waals surface area contributed by atoms with Gasteiger partial charge in [0.15, 0.2) is 0 Å². The van der Waals surface area contributed by atoms with Crippen molar-refractivity contribution < 1.29 is 37.3 Å². The van der Waals surface area contributed by atoms with E-state index in [1.165, 1.54) is 0 Å². The molecule has 2 atom stereocenters. The molecule has 0 spiro atoms. The molecule has 0 aliphatic carbocycles. The molecule has 0 aromatic heterocycles. The largest absolute Gasteiger partial charge is 0.469 e. The van der Waals surface area contributed by atoms with E-state index in [1.807, 2.05) is 0 Å². The summed E-state index contributed by atoms with van der Waals surface area (Å²) in [6, 6.07) is 0.696. The molecule has 0 aliphatic heterocycles. The summed E-state index contributed by atoms with van der Waals surface area (Å²) in [5.41, 5.74) is 2.02. The van der Waals surface area contributed by atoms with Crippen LogP contribution in [0.15, 0.2) is 12.1 Å². The second-order valence-corrected chi connectivity index (χ2v) is 4.25. The smallest absolute Gasteiger partial charge is 0.416 e. The summed E-state index contributed by atoms with van der Waals surface area (Å²) in [5.74, 6) is -2.12. The standard InChI is InChI=1S/C12H13F4NO4/c1-21-10(19)4-9(18)11(20)5-2-7(13)8(17)3-6(5)12(14,15)16/h2-3,9,11,18,20H,4,17H2,1H3. The third-order valence-electron chi connectivity index (χ3n) is 2.76. The highest BCUT2D eigenvalue weighted by atomic mass is 19.4. The van der Waals surface area contributed by atoms with Crippen molar-refractivity contribution >= 4 is 11.7 Å². The first kappa shape index (κ1) is 17.2. The fourth-order valence-corrected chi connectivity index (χ4v) is 1.67. The fourth-order valence-electron chi connectivity index (χ4n) is 1.67. The first-order chi connectivity index (χ1) is 9.57. The van der Waals surface area contributed by atoms with E-state index in [9.17, 15) is 32.6 Å². The minimum Gasteiger partial charge on any atom is -0.469 e. The monoisotopic (exact) mass is 311 g/mol. The summed E-state index contributed by atoms with van der Waals surface area (Å²) in [5, 5.41) is 19.3. The molecule has 1 aromatic rings. The molecule has 5 nitrogen and oxygen atoms in total. The number of hydrogen-bond acceptors (Lipinski definition) is 5. The highest BCUT2D eigenvalue weighted by Crippen LogP contribution is 2.38. The second kappa shape index (κ2) is 6.27. The molecule has 9 heteroatoms. The Morgan fingerprint density at radius 1 is 1.38 bits per heavy atom. The van der Waals surface area contributed by atoms with Crippen LogP contribution in [0.1, 0.15) is 23.7 Å². The topological polar surface area (TPSA) is 92.8 Å². The number of hydrogen-bond donors (Lipinski definition) is 3. The summed E-state index contributed by atoms with van der Waals surface area (Å²) >= 11 is 0. The zero-order valence-corrected chi connectivity index (χ0v) is 10.8. The van der Waals surface area contributed by atoms with E-state index in [4.69, 9.17) is 5.73 Å². The van der Waals surface area contributed by atoms with Crippen molar-refractivity contribution in [1.29, 1.82) is 0 Å². The summed E-state index contributed by atoms with van der Waals surface area (Å²) in [7, 11) is 1.01. The molecule has 2 unspecified atom stereocenters.